The first-order valence-electron chi connectivity index (χ1n) is 4.89. The molecule has 0 spiro atoms. The van der Waals surface area contributed by atoms with Crippen LogP contribution in [0.3, 0.4) is 0 Å². The standard InChI is InChI=1S/C10H12Cl4N4/c1-17(2)15-9-7(13)5(11)6(12)8(14)10(9)16-18(3)4/h1-4H3. The Morgan fingerprint density at radius 1 is 0.611 bits per heavy atom. The molecule has 0 radical (unpaired) electrons. The zero-order valence-electron chi connectivity index (χ0n) is 10.3. The Hall–Kier alpha value is -0.420. The summed E-state index contributed by atoms with van der Waals surface area (Å²) >= 11 is 24.3. The molecule has 0 bridgehead atoms. The van der Waals surface area contributed by atoms with Crippen LogP contribution < -0.4 is 0 Å². The molecule has 1 aliphatic carbocycles. The van der Waals surface area contributed by atoms with Gasteiger partial charge in [0.15, 0.2) is 0 Å². The highest BCUT2D eigenvalue weighted by atomic mass is 35.5. The van der Waals surface area contributed by atoms with Crippen LogP contribution in [0, 0.1) is 0 Å². The van der Waals surface area contributed by atoms with Gasteiger partial charge in [0.25, 0.3) is 0 Å². The number of hydrogen-bond acceptors (Lipinski definition) is 4. The van der Waals surface area contributed by atoms with Crippen LogP contribution in [0.15, 0.2) is 30.3 Å². The fraction of sp³-hybridized carbons (Fsp3) is 0.400. The van der Waals surface area contributed by atoms with E-state index >= 15 is 0 Å². The van der Waals surface area contributed by atoms with Crippen molar-refractivity contribution in [1.29, 1.82) is 0 Å². The molecule has 100 valence electrons. The Kier molecular flexibility index (Phi) is 5.34. The van der Waals surface area contributed by atoms with E-state index in [1.54, 1.807) is 38.2 Å². The Labute approximate surface area is 126 Å². The van der Waals surface area contributed by atoms with Gasteiger partial charge in [0.05, 0.1) is 20.1 Å². The lowest BCUT2D eigenvalue weighted by atomic mass is 10.1. The van der Waals surface area contributed by atoms with Crippen LogP contribution in [-0.2, 0) is 0 Å². The molecule has 0 aromatic rings. The summed E-state index contributed by atoms with van der Waals surface area (Å²) in [6.07, 6.45) is 0. The van der Waals surface area contributed by atoms with Gasteiger partial charge in [-0.25, -0.2) is 0 Å². The molecule has 0 saturated heterocycles. The molecule has 0 atom stereocenters. The summed E-state index contributed by atoms with van der Waals surface area (Å²) in [4.78, 5) is 0. The normalized spacial score (nSPS) is 21.1. The van der Waals surface area contributed by atoms with Crippen molar-refractivity contribution in [2.75, 3.05) is 28.2 Å². The molecule has 1 aliphatic rings. The van der Waals surface area contributed by atoms with Gasteiger partial charge in [0.1, 0.15) is 11.4 Å². The van der Waals surface area contributed by atoms with Crippen molar-refractivity contribution in [3.63, 3.8) is 0 Å². The maximum absolute atomic E-state index is 6.13. The van der Waals surface area contributed by atoms with Crippen LogP contribution in [0.2, 0.25) is 0 Å². The summed E-state index contributed by atoms with van der Waals surface area (Å²) in [5.74, 6) is 0. The molecular weight excluding hydrogens is 318 g/mol. The minimum Gasteiger partial charge on any atom is -0.302 e. The molecule has 4 nitrogen and oxygen atoms in total. The van der Waals surface area contributed by atoms with Gasteiger partial charge < -0.3 is 10.0 Å². The lowest BCUT2D eigenvalue weighted by Crippen LogP contribution is -2.26. The first-order valence-corrected chi connectivity index (χ1v) is 6.40. The number of rotatable bonds is 2. The lowest BCUT2D eigenvalue weighted by Gasteiger charge is -2.20. The van der Waals surface area contributed by atoms with Crippen LogP contribution in [0.1, 0.15) is 0 Å². The van der Waals surface area contributed by atoms with Crippen LogP contribution in [0.4, 0.5) is 0 Å². The summed E-state index contributed by atoms with van der Waals surface area (Å²) in [6, 6.07) is 0. The van der Waals surface area contributed by atoms with Crippen molar-refractivity contribution in [3.8, 4) is 0 Å². The largest absolute Gasteiger partial charge is 0.302 e. The smallest absolute Gasteiger partial charge is 0.132 e. The molecule has 0 heterocycles. The van der Waals surface area contributed by atoms with E-state index in [1.165, 1.54) is 0 Å². The van der Waals surface area contributed by atoms with Gasteiger partial charge in [-0.1, -0.05) is 46.4 Å². The second-order valence-corrected chi connectivity index (χ2v) is 5.36. The highest BCUT2D eigenvalue weighted by Gasteiger charge is 2.29. The molecule has 0 amide bonds. The Balaban J connectivity index is 3.48. The first-order chi connectivity index (χ1) is 8.25. The van der Waals surface area contributed by atoms with Crippen LogP contribution in [0.25, 0.3) is 0 Å². The third kappa shape index (κ3) is 3.32. The maximum Gasteiger partial charge on any atom is 0.132 e. The molecule has 8 heteroatoms. The number of hydrogen-bond donors (Lipinski definition) is 0. The van der Waals surface area contributed by atoms with Gasteiger partial charge in [-0.15, -0.1) is 0 Å². The van der Waals surface area contributed by atoms with Crippen molar-refractivity contribution >= 4 is 57.8 Å². The molecule has 18 heavy (non-hydrogen) atoms. The quantitative estimate of drug-likeness (QED) is 0.575. The van der Waals surface area contributed by atoms with Crippen LogP contribution in [-0.4, -0.2) is 49.6 Å². The van der Waals surface area contributed by atoms with Gasteiger partial charge in [-0.3, -0.25) is 0 Å². The van der Waals surface area contributed by atoms with Gasteiger partial charge in [0.2, 0.25) is 0 Å². The van der Waals surface area contributed by atoms with Crippen molar-refractivity contribution in [1.82, 2.24) is 10.0 Å². The molecule has 1 rings (SSSR count). The Bertz CT molecular complexity index is 430. The molecule has 0 aliphatic heterocycles. The zero-order chi connectivity index (χ0) is 14.0. The second-order valence-electron chi connectivity index (χ2n) is 3.85. The summed E-state index contributed by atoms with van der Waals surface area (Å²) in [5.41, 5.74) is 0.768. The fourth-order valence-corrected chi connectivity index (χ4v) is 2.10. The van der Waals surface area contributed by atoms with Gasteiger partial charge >= 0.3 is 0 Å². The summed E-state index contributed by atoms with van der Waals surface area (Å²) in [7, 11) is 7.02. The lowest BCUT2D eigenvalue weighted by molar-refractivity contribution is 0.434. The molecule has 0 saturated carbocycles. The highest BCUT2D eigenvalue weighted by Crippen LogP contribution is 2.36. The topological polar surface area (TPSA) is 31.2 Å². The van der Waals surface area contributed by atoms with Crippen molar-refractivity contribution in [2.24, 2.45) is 10.2 Å². The van der Waals surface area contributed by atoms with Crippen LogP contribution in [0.5, 0.6) is 0 Å². The Morgan fingerprint density at radius 3 is 1.11 bits per heavy atom. The molecule has 0 aromatic carbocycles. The average molecular weight is 330 g/mol. The van der Waals surface area contributed by atoms with E-state index in [9.17, 15) is 0 Å². The van der Waals surface area contributed by atoms with E-state index in [0.29, 0.717) is 11.4 Å². The van der Waals surface area contributed by atoms with Gasteiger partial charge in [-0.05, 0) is 0 Å². The molecule has 0 N–H and O–H groups in total. The predicted molar refractivity (Wildman–Crippen MR) is 79.7 cm³/mol. The minimum absolute atomic E-state index is 0.168. The van der Waals surface area contributed by atoms with E-state index in [0.717, 1.165) is 0 Å². The number of halogens is 4. The summed E-state index contributed by atoms with van der Waals surface area (Å²) in [5, 5.41) is 12.4. The molecular formula is C10H12Cl4N4. The van der Waals surface area contributed by atoms with Gasteiger partial charge in [-0.2, -0.15) is 10.2 Å². The maximum atomic E-state index is 6.13. The van der Waals surface area contributed by atoms with Crippen LogP contribution >= 0.6 is 46.4 Å². The number of allylic oxidation sites excluding steroid dienone is 4. The van der Waals surface area contributed by atoms with Crippen molar-refractivity contribution in [3.05, 3.63) is 20.1 Å². The van der Waals surface area contributed by atoms with E-state index in [1.807, 2.05) is 0 Å². The molecule has 0 fully saturated rings. The molecule has 0 unspecified atom stereocenters. The highest BCUT2D eigenvalue weighted by molar-refractivity contribution is 6.75. The monoisotopic (exact) mass is 328 g/mol. The van der Waals surface area contributed by atoms with E-state index in [-0.39, 0.29) is 20.1 Å². The third-order valence-electron chi connectivity index (χ3n) is 1.82. The number of nitrogens with zero attached hydrogens (tertiary/aromatic N) is 4. The summed E-state index contributed by atoms with van der Waals surface area (Å²) < 4.78 is 0. The Morgan fingerprint density at radius 2 is 0.889 bits per heavy atom. The van der Waals surface area contributed by atoms with Crippen molar-refractivity contribution in [2.45, 2.75) is 0 Å². The van der Waals surface area contributed by atoms with E-state index < -0.39 is 0 Å². The van der Waals surface area contributed by atoms with Gasteiger partial charge in [0, 0.05) is 28.2 Å². The fourth-order valence-electron chi connectivity index (χ4n) is 1.19. The van der Waals surface area contributed by atoms with E-state index in [4.69, 9.17) is 46.4 Å². The number of hydrazone groups is 2. The minimum atomic E-state index is 0.168. The average Bonchev–Trinajstić information content (AvgIpc) is 2.27. The van der Waals surface area contributed by atoms with Crippen molar-refractivity contribution < 1.29 is 0 Å². The predicted octanol–water partition coefficient (Wildman–Crippen LogP) is 3.21. The third-order valence-corrected chi connectivity index (χ3v) is 3.60. The second kappa shape index (κ2) is 6.15. The first kappa shape index (κ1) is 15.6. The zero-order valence-corrected chi connectivity index (χ0v) is 13.3. The molecule has 0 aromatic heterocycles. The SMILES string of the molecule is CN(C)N=C1C(=NN(C)C)C(Cl)=C(Cl)C(Cl)=C1Cl. The van der Waals surface area contributed by atoms with E-state index in [2.05, 4.69) is 10.2 Å². The summed E-state index contributed by atoms with van der Waals surface area (Å²) in [6.45, 7) is 0.